The van der Waals surface area contributed by atoms with E-state index in [1.807, 2.05) is 13.0 Å². The third kappa shape index (κ3) is 2.37. The Morgan fingerprint density at radius 2 is 2.31 bits per heavy atom. The molecule has 0 spiro atoms. The molecule has 3 N–H and O–H groups in total. The van der Waals surface area contributed by atoms with Crippen LogP contribution in [0.1, 0.15) is 5.56 Å². The van der Waals surface area contributed by atoms with Crippen molar-refractivity contribution in [1.29, 1.82) is 0 Å². The number of hydrogen-bond donors (Lipinski definition) is 2. The van der Waals surface area contributed by atoms with Crippen molar-refractivity contribution >= 4 is 11.7 Å². The summed E-state index contributed by atoms with van der Waals surface area (Å²) in [5.74, 6) is -0.562. The maximum atomic E-state index is 10.2. The molecule has 1 aromatic carbocycles. The van der Waals surface area contributed by atoms with Crippen LogP contribution in [0, 0.1) is 6.92 Å². The van der Waals surface area contributed by atoms with Crippen LogP contribution in [0.2, 0.25) is 0 Å². The Bertz CT molecular complexity index is 302. The van der Waals surface area contributed by atoms with Gasteiger partial charge in [0.25, 0.3) is 0 Å². The van der Waals surface area contributed by atoms with Crippen molar-refractivity contribution in [2.24, 2.45) is 0 Å². The maximum absolute atomic E-state index is 10.2. The zero-order valence-corrected chi connectivity index (χ0v) is 7.28. The van der Waals surface area contributed by atoms with Gasteiger partial charge in [0.2, 0.25) is 0 Å². The topological polar surface area (TPSA) is 72.5 Å². The van der Waals surface area contributed by atoms with E-state index in [2.05, 4.69) is 0 Å². The molecule has 1 aromatic rings. The number of rotatable bonds is 3. The molecule has 0 saturated heterocycles. The Morgan fingerprint density at radius 3 is 2.85 bits per heavy atom. The van der Waals surface area contributed by atoms with Crippen LogP contribution in [0.25, 0.3) is 0 Å². The van der Waals surface area contributed by atoms with E-state index in [0.29, 0.717) is 11.4 Å². The fraction of sp³-hybridized carbons (Fsp3) is 0.222. The number of benzene rings is 1. The van der Waals surface area contributed by atoms with Gasteiger partial charge in [-0.15, -0.1) is 0 Å². The minimum atomic E-state index is -1.01. The van der Waals surface area contributed by atoms with Gasteiger partial charge in [-0.1, -0.05) is 12.1 Å². The van der Waals surface area contributed by atoms with Crippen LogP contribution in [0.15, 0.2) is 18.2 Å². The highest BCUT2D eigenvalue weighted by molar-refractivity contribution is 5.69. The molecule has 0 radical (unpaired) electrons. The van der Waals surface area contributed by atoms with E-state index >= 15 is 0 Å². The van der Waals surface area contributed by atoms with Crippen LogP contribution < -0.4 is 10.5 Å². The molecule has 0 unspecified atom stereocenters. The number of nitrogen functional groups attached to an aromatic ring is 1. The lowest BCUT2D eigenvalue weighted by molar-refractivity contribution is -0.139. The summed E-state index contributed by atoms with van der Waals surface area (Å²) in [6, 6.07) is 5.27. The number of hydrogen-bond acceptors (Lipinski definition) is 3. The largest absolute Gasteiger partial charge is 0.479 e. The van der Waals surface area contributed by atoms with Crippen LogP contribution in [0.5, 0.6) is 5.75 Å². The van der Waals surface area contributed by atoms with E-state index in [0.717, 1.165) is 5.56 Å². The molecule has 13 heavy (non-hydrogen) atoms. The molecule has 0 aliphatic heterocycles. The second-order valence-corrected chi connectivity index (χ2v) is 2.68. The number of aryl methyl sites for hydroxylation is 1. The van der Waals surface area contributed by atoms with Crippen molar-refractivity contribution in [3.63, 3.8) is 0 Å². The summed E-state index contributed by atoms with van der Waals surface area (Å²) in [6.45, 7) is 1.45. The quantitative estimate of drug-likeness (QED) is 0.683. The van der Waals surface area contributed by atoms with Gasteiger partial charge in [0, 0.05) is 0 Å². The Balaban J connectivity index is 2.81. The van der Waals surface area contributed by atoms with E-state index in [-0.39, 0.29) is 6.61 Å². The SMILES string of the molecule is Cc1cccc(N)c1OCC(=O)O. The fourth-order valence-electron chi connectivity index (χ4n) is 1.01. The lowest BCUT2D eigenvalue weighted by Crippen LogP contribution is -2.11. The Kier molecular flexibility index (Phi) is 2.74. The molecule has 4 nitrogen and oxygen atoms in total. The van der Waals surface area contributed by atoms with Crippen LogP contribution in [-0.2, 0) is 4.79 Å². The minimum Gasteiger partial charge on any atom is -0.479 e. The van der Waals surface area contributed by atoms with Crippen molar-refractivity contribution in [1.82, 2.24) is 0 Å². The number of carboxylic acids is 1. The van der Waals surface area contributed by atoms with Gasteiger partial charge in [0.15, 0.2) is 6.61 Å². The van der Waals surface area contributed by atoms with Gasteiger partial charge in [-0.2, -0.15) is 0 Å². The average Bonchev–Trinajstić information content (AvgIpc) is 2.03. The lowest BCUT2D eigenvalue weighted by Gasteiger charge is -2.08. The summed E-state index contributed by atoms with van der Waals surface area (Å²) in [4.78, 5) is 10.2. The van der Waals surface area contributed by atoms with Gasteiger partial charge in [-0.25, -0.2) is 4.79 Å². The van der Waals surface area contributed by atoms with Crippen molar-refractivity contribution in [2.75, 3.05) is 12.3 Å². The number of ether oxygens (including phenoxy) is 1. The third-order valence-corrected chi connectivity index (χ3v) is 1.58. The molecule has 1 rings (SSSR count). The number of carbonyl (C=O) groups is 1. The van der Waals surface area contributed by atoms with Gasteiger partial charge >= 0.3 is 5.97 Å². The summed E-state index contributed by atoms with van der Waals surface area (Å²) in [6.07, 6.45) is 0. The van der Waals surface area contributed by atoms with Gasteiger partial charge in [0.1, 0.15) is 5.75 Å². The number of para-hydroxylation sites is 1. The first-order valence-corrected chi connectivity index (χ1v) is 3.81. The predicted octanol–water partition coefficient (Wildman–Crippen LogP) is 1.04. The van der Waals surface area contributed by atoms with Crippen LogP contribution in [0.3, 0.4) is 0 Å². The summed E-state index contributed by atoms with van der Waals surface area (Å²) >= 11 is 0. The first-order valence-electron chi connectivity index (χ1n) is 3.81. The van der Waals surface area contributed by atoms with E-state index in [9.17, 15) is 4.79 Å². The van der Waals surface area contributed by atoms with Crippen LogP contribution in [0.4, 0.5) is 5.69 Å². The summed E-state index contributed by atoms with van der Waals surface area (Å²) < 4.78 is 5.00. The first-order chi connectivity index (χ1) is 6.11. The molecule has 0 aliphatic carbocycles. The molecule has 0 amide bonds. The highest BCUT2D eigenvalue weighted by Crippen LogP contribution is 2.24. The molecule has 0 bridgehead atoms. The van der Waals surface area contributed by atoms with Crippen molar-refractivity contribution in [3.8, 4) is 5.75 Å². The molecule has 70 valence electrons. The monoisotopic (exact) mass is 181 g/mol. The molecular weight excluding hydrogens is 170 g/mol. The van der Waals surface area contributed by atoms with Gasteiger partial charge in [-0.3, -0.25) is 0 Å². The third-order valence-electron chi connectivity index (χ3n) is 1.58. The van der Waals surface area contributed by atoms with Crippen molar-refractivity contribution < 1.29 is 14.6 Å². The lowest BCUT2D eigenvalue weighted by atomic mass is 10.2. The molecule has 0 fully saturated rings. The molecule has 4 heteroatoms. The zero-order valence-electron chi connectivity index (χ0n) is 7.28. The Hall–Kier alpha value is -1.71. The number of aliphatic carboxylic acids is 1. The minimum absolute atomic E-state index is 0.366. The van der Waals surface area contributed by atoms with E-state index < -0.39 is 5.97 Å². The van der Waals surface area contributed by atoms with Crippen LogP contribution >= 0.6 is 0 Å². The van der Waals surface area contributed by atoms with Gasteiger partial charge < -0.3 is 15.6 Å². The van der Waals surface area contributed by atoms with Crippen molar-refractivity contribution in [3.05, 3.63) is 23.8 Å². The van der Waals surface area contributed by atoms with Crippen LogP contribution in [-0.4, -0.2) is 17.7 Å². The fourth-order valence-corrected chi connectivity index (χ4v) is 1.01. The van der Waals surface area contributed by atoms with Crippen molar-refractivity contribution in [2.45, 2.75) is 6.92 Å². The van der Waals surface area contributed by atoms with Gasteiger partial charge in [-0.05, 0) is 18.6 Å². The molecule has 0 atom stereocenters. The summed E-state index contributed by atoms with van der Waals surface area (Å²) in [5.41, 5.74) is 6.88. The number of anilines is 1. The van der Waals surface area contributed by atoms with E-state index in [4.69, 9.17) is 15.6 Å². The smallest absolute Gasteiger partial charge is 0.341 e. The standard InChI is InChI=1S/C9H11NO3/c1-6-3-2-4-7(10)9(6)13-5-8(11)12/h2-4H,5,10H2,1H3,(H,11,12). The van der Waals surface area contributed by atoms with E-state index in [1.54, 1.807) is 12.1 Å². The normalized spacial score (nSPS) is 9.62. The molecule has 0 aromatic heterocycles. The average molecular weight is 181 g/mol. The first kappa shape index (κ1) is 9.38. The number of carboxylic acid groups (broad SMARTS) is 1. The summed E-state index contributed by atoms with van der Waals surface area (Å²) in [7, 11) is 0. The molecule has 0 saturated carbocycles. The van der Waals surface area contributed by atoms with E-state index in [1.165, 1.54) is 0 Å². The summed E-state index contributed by atoms with van der Waals surface area (Å²) in [5, 5.41) is 8.39. The molecule has 0 heterocycles. The Labute approximate surface area is 75.9 Å². The highest BCUT2D eigenvalue weighted by atomic mass is 16.5. The maximum Gasteiger partial charge on any atom is 0.341 e. The second-order valence-electron chi connectivity index (χ2n) is 2.68. The molecule has 0 aliphatic rings. The van der Waals surface area contributed by atoms with Gasteiger partial charge in [0.05, 0.1) is 5.69 Å². The Morgan fingerprint density at radius 1 is 1.62 bits per heavy atom. The second kappa shape index (κ2) is 3.80. The number of nitrogens with two attached hydrogens (primary N) is 1. The highest BCUT2D eigenvalue weighted by Gasteiger charge is 2.05. The predicted molar refractivity (Wildman–Crippen MR) is 48.7 cm³/mol. The zero-order chi connectivity index (χ0) is 9.84. The molecular formula is C9H11NO3.